The number of nitrogens with zero attached hydrogens (tertiary/aromatic N) is 3. The fraction of sp³-hybridized carbons (Fsp3) is 0. The first-order chi connectivity index (χ1) is 7.79. The molecule has 80 valence electrons. The Morgan fingerprint density at radius 1 is 1.00 bits per heavy atom. The van der Waals surface area contributed by atoms with Crippen LogP contribution in [0.15, 0.2) is 48.8 Å². The number of carbonyl (C=O) groups excluding carboxylic acids is 1. The van der Waals surface area contributed by atoms with Crippen LogP contribution in [-0.2, 0) is 0 Å². The lowest BCUT2D eigenvalue weighted by atomic mass is 10.4. The molecule has 0 aliphatic carbocycles. The summed E-state index contributed by atoms with van der Waals surface area (Å²) in [4.78, 5) is 20.7. The number of nitrogens with two attached hydrogens (primary N) is 1. The number of primary amides is 1. The lowest BCUT2D eigenvalue weighted by Gasteiger charge is -2.17. The molecule has 0 aromatic carbocycles. The number of carbonyl (C=O) groups is 1. The number of rotatable bonds is 2. The van der Waals surface area contributed by atoms with Gasteiger partial charge < -0.3 is 5.73 Å². The number of hydrogen-bond donors (Lipinski definition) is 1. The average Bonchev–Trinajstić information content (AvgIpc) is 2.31. The normalized spacial score (nSPS) is 9.75. The molecule has 2 N–H and O–H groups in total. The largest absolute Gasteiger partial charge is 0.351 e. The van der Waals surface area contributed by atoms with Crippen molar-refractivity contribution >= 4 is 17.7 Å². The third-order valence-electron chi connectivity index (χ3n) is 1.98. The summed E-state index contributed by atoms with van der Waals surface area (Å²) in [6.45, 7) is 0. The van der Waals surface area contributed by atoms with Crippen LogP contribution in [0.25, 0.3) is 0 Å². The van der Waals surface area contributed by atoms with E-state index in [0.717, 1.165) is 0 Å². The molecule has 0 atom stereocenters. The van der Waals surface area contributed by atoms with Crippen LogP contribution >= 0.6 is 0 Å². The zero-order valence-corrected chi connectivity index (χ0v) is 8.45. The van der Waals surface area contributed by atoms with Crippen molar-refractivity contribution in [3.05, 3.63) is 48.8 Å². The molecule has 5 nitrogen and oxygen atoms in total. The first-order valence-corrected chi connectivity index (χ1v) is 4.70. The monoisotopic (exact) mass is 214 g/mol. The Hall–Kier alpha value is -2.43. The molecule has 0 saturated carbocycles. The predicted octanol–water partition coefficient (Wildman–Crippen LogP) is 1.69. The van der Waals surface area contributed by atoms with Crippen LogP contribution in [0.4, 0.5) is 16.4 Å². The smallest absolute Gasteiger partial charge is 0.326 e. The second kappa shape index (κ2) is 4.39. The minimum absolute atomic E-state index is 0.453. The Morgan fingerprint density at radius 2 is 1.50 bits per heavy atom. The maximum absolute atomic E-state index is 11.4. The zero-order chi connectivity index (χ0) is 11.4. The number of anilines is 2. The van der Waals surface area contributed by atoms with Crippen LogP contribution in [0.1, 0.15) is 0 Å². The highest BCUT2D eigenvalue weighted by molar-refractivity contribution is 5.96. The van der Waals surface area contributed by atoms with Gasteiger partial charge in [-0.15, -0.1) is 0 Å². The number of aromatic nitrogens is 2. The molecule has 2 aromatic rings. The fourth-order valence-corrected chi connectivity index (χ4v) is 1.32. The summed E-state index contributed by atoms with van der Waals surface area (Å²) in [5.41, 5.74) is 5.31. The molecule has 0 fully saturated rings. The molecular formula is C11H10N4O. The van der Waals surface area contributed by atoms with Crippen LogP contribution < -0.4 is 10.6 Å². The molecule has 0 unspecified atom stereocenters. The number of pyridine rings is 2. The SMILES string of the molecule is NC(=O)N(c1ccccn1)c1ccccn1. The molecule has 2 aromatic heterocycles. The van der Waals surface area contributed by atoms with E-state index >= 15 is 0 Å². The molecule has 0 aliphatic rings. The quantitative estimate of drug-likeness (QED) is 0.826. The van der Waals surface area contributed by atoms with E-state index in [1.165, 1.54) is 4.90 Å². The number of hydrogen-bond acceptors (Lipinski definition) is 3. The van der Waals surface area contributed by atoms with E-state index in [0.29, 0.717) is 11.6 Å². The van der Waals surface area contributed by atoms with Gasteiger partial charge in [0.05, 0.1) is 0 Å². The van der Waals surface area contributed by atoms with Gasteiger partial charge in [0, 0.05) is 12.4 Å². The van der Waals surface area contributed by atoms with Crippen LogP contribution in [0.3, 0.4) is 0 Å². The molecule has 0 saturated heterocycles. The Labute approximate surface area is 92.6 Å². The number of amides is 2. The van der Waals surface area contributed by atoms with Gasteiger partial charge in [0.15, 0.2) is 0 Å². The van der Waals surface area contributed by atoms with Crippen molar-refractivity contribution in [2.75, 3.05) is 4.90 Å². The first-order valence-electron chi connectivity index (χ1n) is 4.70. The average molecular weight is 214 g/mol. The summed E-state index contributed by atoms with van der Waals surface area (Å²) >= 11 is 0. The van der Waals surface area contributed by atoms with Crippen LogP contribution in [0.2, 0.25) is 0 Å². The van der Waals surface area contributed by atoms with E-state index in [1.807, 2.05) is 0 Å². The lowest BCUT2D eigenvalue weighted by molar-refractivity contribution is 0.256. The minimum Gasteiger partial charge on any atom is -0.351 e. The van der Waals surface area contributed by atoms with Gasteiger partial charge in [-0.25, -0.2) is 19.7 Å². The van der Waals surface area contributed by atoms with Crippen molar-refractivity contribution in [2.24, 2.45) is 5.73 Å². The van der Waals surface area contributed by atoms with Crippen molar-refractivity contribution < 1.29 is 4.79 Å². The van der Waals surface area contributed by atoms with E-state index in [1.54, 1.807) is 48.8 Å². The van der Waals surface area contributed by atoms with Crippen molar-refractivity contribution in [1.82, 2.24) is 9.97 Å². The van der Waals surface area contributed by atoms with Gasteiger partial charge in [0.1, 0.15) is 11.6 Å². The maximum Gasteiger partial charge on any atom is 0.326 e. The summed E-state index contributed by atoms with van der Waals surface area (Å²) < 4.78 is 0. The van der Waals surface area contributed by atoms with E-state index < -0.39 is 6.03 Å². The molecule has 0 bridgehead atoms. The van der Waals surface area contributed by atoms with E-state index in [2.05, 4.69) is 9.97 Å². The summed E-state index contributed by atoms with van der Waals surface area (Å²) in [6.07, 6.45) is 3.18. The third kappa shape index (κ3) is 1.98. The van der Waals surface area contributed by atoms with Crippen molar-refractivity contribution in [1.29, 1.82) is 0 Å². The zero-order valence-electron chi connectivity index (χ0n) is 8.45. The van der Waals surface area contributed by atoms with Crippen molar-refractivity contribution in [3.8, 4) is 0 Å². The fourth-order valence-electron chi connectivity index (χ4n) is 1.32. The lowest BCUT2D eigenvalue weighted by Crippen LogP contribution is -2.32. The standard InChI is InChI=1S/C11H10N4O/c12-11(16)15(9-5-1-3-7-13-9)10-6-2-4-8-14-10/h1-8H,(H2,12,16). The Morgan fingerprint density at radius 3 is 1.81 bits per heavy atom. The van der Waals surface area contributed by atoms with E-state index in [9.17, 15) is 4.79 Å². The molecule has 0 spiro atoms. The molecule has 2 rings (SSSR count). The molecule has 0 radical (unpaired) electrons. The number of urea groups is 1. The predicted molar refractivity (Wildman–Crippen MR) is 60.2 cm³/mol. The summed E-state index contributed by atoms with van der Waals surface area (Å²) in [5.74, 6) is 0.905. The van der Waals surface area contributed by atoms with E-state index in [4.69, 9.17) is 5.73 Å². The van der Waals surface area contributed by atoms with Gasteiger partial charge in [-0.1, -0.05) is 12.1 Å². The Bertz CT molecular complexity index is 432. The van der Waals surface area contributed by atoms with Crippen LogP contribution in [0.5, 0.6) is 0 Å². The van der Waals surface area contributed by atoms with Gasteiger partial charge in [0.25, 0.3) is 0 Å². The van der Waals surface area contributed by atoms with Gasteiger partial charge in [0.2, 0.25) is 0 Å². The second-order valence-electron chi connectivity index (χ2n) is 3.05. The summed E-state index contributed by atoms with van der Waals surface area (Å²) in [6, 6.07) is 9.86. The topological polar surface area (TPSA) is 72.1 Å². The summed E-state index contributed by atoms with van der Waals surface area (Å²) in [5, 5.41) is 0. The molecule has 2 amide bonds. The minimum atomic E-state index is -0.614. The van der Waals surface area contributed by atoms with Gasteiger partial charge in [-0.3, -0.25) is 0 Å². The Balaban J connectivity index is 2.44. The van der Waals surface area contributed by atoms with Crippen LogP contribution in [-0.4, -0.2) is 16.0 Å². The Kier molecular flexibility index (Phi) is 2.77. The molecular weight excluding hydrogens is 204 g/mol. The van der Waals surface area contributed by atoms with Gasteiger partial charge in [-0.05, 0) is 24.3 Å². The first kappa shape index (κ1) is 10.1. The highest BCUT2D eigenvalue weighted by Crippen LogP contribution is 2.19. The van der Waals surface area contributed by atoms with Gasteiger partial charge in [-0.2, -0.15) is 0 Å². The maximum atomic E-state index is 11.4. The van der Waals surface area contributed by atoms with Crippen molar-refractivity contribution in [2.45, 2.75) is 0 Å². The second-order valence-corrected chi connectivity index (χ2v) is 3.05. The molecule has 5 heteroatoms. The third-order valence-corrected chi connectivity index (χ3v) is 1.98. The van der Waals surface area contributed by atoms with Gasteiger partial charge >= 0.3 is 6.03 Å². The van der Waals surface area contributed by atoms with E-state index in [-0.39, 0.29) is 0 Å². The molecule has 2 heterocycles. The highest BCUT2D eigenvalue weighted by atomic mass is 16.2. The summed E-state index contributed by atoms with van der Waals surface area (Å²) in [7, 11) is 0. The molecule has 0 aliphatic heterocycles. The van der Waals surface area contributed by atoms with Crippen LogP contribution in [0, 0.1) is 0 Å². The highest BCUT2D eigenvalue weighted by Gasteiger charge is 2.16. The van der Waals surface area contributed by atoms with Crippen molar-refractivity contribution in [3.63, 3.8) is 0 Å². The molecule has 16 heavy (non-hydrogen) atoms.